The fourth-order valence-electron chi connectivity index (χ4n) is 3.60. The van der Waals surface area contributed by atoms with Crippen LogP contribution in [-0.2, 0) is 13.0 Å². The molecule has 3 rings (SSSR count). The highest BCUT2D eigenvalue weighted by molar-refractivity contribution is 5.54. The molecule has 1 aliphatic heterocycles. The van der Waals surface area contributed by atoms with Gasteiger partial charge in [0.15, 0.2) is 0 Å². The zero-order valence-corrected chi connectivity index (χ0v) is 16.5. The molecule has 1 atom stereocenters. The summed E-state index contributed by atoms with van der Waals surface area (Å²) in [6.07, 6.45) is 0.986. The Morgan fingerprint density at radius 3 is 2.54 bits per heavy atom. The highest BCUT2D eigenvalue weighted by atomic mass is 16.3. The van der Waals surface area contributed by atoms with Crippen molar-refractivity contribution < 1.29 is 5.11 Å². The van der Waals surface area contributed by atoms with Crippen LogP contribution in [0.15, 0.2) is 30.3 Å². The molecule has 0 amide bonds. The van der Waals surface area contributed by atoms with Crippen molar-refractivity contribution in [1.82, 2.24) is 9.97 Å². The van der Waals surface area contributed by atoms with E-state index in [-0.39, 0.29) is 18.2 Å². The van der Waals surface area contributed by atoms with Gasteiger partial charge in [0, 0.05) is 18.2 Å². The lowest BCUT2D eigenvalue weighted by atomic mass is 9.85. The molecular formula is C21H30N4O. The van der Waals surface area contributed by atoms with Gasteiger partial charge in [0.1, 0.15) is 17.5 Å². The van der Waals surface area contributed by atoms with Gasteiger partial charge in [-0.25, -0.2) is 9.97 Å². The first-order chi connectivity index (χ1) is 12.3. The predicted molar refractivity (Wildman–Crippen MR) is 107 cm³/mol. The first kappa shape index (κ1) is 18.6. The second-order valence-electron chi connectivity index (χ2n) is 8.18. The van der Waals surface area contributed by atoms with Gasteiger partial charge in [-0.05, 0) is 44.2 Å². The van der Waals surface area contributed by atoms with Crippen molar-refractivity contribution >= 4 is 11.6 Å². The first-order valence-electron chi connectivity index (χ1n) is 9.37. The van der Waals surface area contributed by atoms with E-state index in [1.54, 1.807) is 0 Å². The molecule has 0 fully saturated rings. The first-order valence-corrected chi connectivity index (χ1v) is 9.37. The molecule has 1 aromatic heterocycles. The normalized spacial score (nSPS) is 17.1. The van der Waals surface area contributed by atoms with Crippen LogP contribution in [0.3, 0.4) is 0 Å². The van der Waals surface area contributed by atoms with E-state index >= 15 is 0 Å². The molecule has 0 saturated heterocycles. The fraction of sp³-hybridized carbons (Fsp3) is 0.524. The minimum atomic E-state index is -0.0269. The van der Waals surface area contributed by atoms with Crippen molar-refractivity contribution in [2.75, 3.05) is 16.8 Å². The average molecular weight is 354 g/mol. The Labute approximate surface area is 156 Å². The Balaban J connectivity index is 1.93. The standard InChI is InChI=1S/C21H30N4O/c1-14(2)18(13-26)24-19-10-20(23-15(3)22-19)25-12-17-9-7-6-8-16(17)11-21(25,4)5/h6-10,14,18,26H,11-13H2,1-5H3,(H,22,23,24)/t18-/m0/s1. The number of benzene rings is 1. The monoisotopic (exact) mass is 354 g/mol. The smallest absolute Gasteiger partial charge is 0.135 e. The Kier molecular flexibility index (Phi) is 5.19. The topological polar surface area (TPSA) is 61.3 Å². The molecule has 2 aromatic rings. The van der Waals surface area contributed by atoms with Gasteiger partial charge in [-0.2, -0.15) is 0 Å². The summed E-state index contributed by atoms with van der Waals surface area (Å²) in [5, 5.41) is 13.0. The van der Waals surface area contributed by atoms with Gasteiger partial charge in [-0.3, -0.25) is 0 Å². The third-order valence-electron chi connectivity index (χ3n) is 5.24. The number of nitrogens with one attached hydrogen (secondary N) is 1. The maximum atomic E-state index is 9.62. The second-order valence-corrected chi connectivity index (χ2v) is 8.18. The lowest BCUT2D eigenvalue weighted by Gasteiger charge is -2.44. The van der Waals surface area contributed by atoms with Crippen LogP contribution in [0.2, 0.25) is 0 Å². The van der Waals surface area contributed by atoms with Crippen molar-refractivity contribution in [3.05, 3.63) is 47.3 Å². The molecule has 5 nitrogen and oxygen atoms in total. The molecule has 0 spiro atoms. The second kappa shape index (κ2) is 7.23. The summed E-state index contributed by atoms with van der Waals surface area (Å²) in [6.45, 7) is 11.5. The Morgan fingerprint density at radius 2 is 1.88 bits per heavy atom. The van der Waals surface area contributed by atoms with Crippen LogP contribution < -0.4 is 10.2 Å². The summed E-state index contributed by atoms with van der Waals surface area (Å²) < 4.78 is 0. The van der Waals surface area contributed by atoms with Gasteiger partial charge in [-0.1, -0.05) is 38.1 Å². The lowest BCUT2D eigenvalue weighted by Crippen LogP contribution is -2.49. The van der Waals surface area contributed by atoms with Crippen LogP contribution in [0, 0.1) is 12.8 Å². The molecule has 0 saturated carbocycles. The molecule has 5 heteroatoms. The number of rotatable bonds is 5. The number of nitrogens with zero attached hydrogens (tertiary/aromatic N) is 3. The highest BCUT2D eigenvalue weighted by Crippen LogP contribution is 2.34. The molecule has 0 aliphatic carbocycles. The average Bonchev–Trinajstić information content (AvgIpc) is 2.57. The van der Waals surface area contributed by atoms with Crippen molar-refractivity contribution in [2.45, 2.75) is 59.2 Å². The van der Waals surface area contributed by atoms with E-state index in [4.69, 9.17) is 4.98 Å². The number of hydrogen-bond donors (Lipinski definition) is 2. The van der Waals surface area contributed by atoms with Crippen LogP contribution in [0.1, 0.15) is 44.6 Å². The van der Waals surface area contributed by atoms with Crippen molar-refractivity contribution in [1.29, 1.82) is 0 Å². The molecule has 0 unspecified atom stereocenters. The largest absolute Gasteiger partial charge is 0.394 e. The number of aromatic nitrogens is 2. The van der Waals surface area contributed by atoms with E-state index in [0.29, 0.717) is 5.92 Å². The predicted octanol–water partition coefficient (Wildman–Crippen LogP) is 3.56. The number of aliphatic hydroxyl groups excluding tert-OH is 1. The molecule has 1 aromatic carbocycles. The van der Waals surface area contributed by atoms with Crippen molar-refractivity contribution in [2.24, 2.45) is 5.92 Å². The van der Waals surface area contributed by atoms with E-state index < -0.39 is 0 Å². The van der Waals surface area contributed by atoms with E-state index in [9.17, 15) is 5.11 Å². The number of anilines is 2. The third kappa shape index (κ3) is 3.83. The SMILES string of the molecule is Cc1nc(N[C@@H](CO)C(C)C)cc(N2Cc3ccccc3CC2(C)C)n1. The summed E-state index contributed by atoms with van der Waals surface area (Å²) >= 11 is 0. The number of aryl methyl sites for hydroxylation is 1. The van der Waals surface area contributed by atoms with Crippen LogP contribution in [-0.4, -0.2) is 33.3 Å². The minimum Gasteiger partial charge on any atom is -0.394 e. The minimum absolute atomic E-state index is 0.0211. The molecule has 2 N–H and O–H groups in total. The van der Waals surface area contributed by atoms with E-state index in [1.807, 2.05) is 13.0 Å². The van der Waals surface area contributed by atoms with Gasteiger partial charge >= 0.3 is 0 Å². The number of aliphatic hydroxyl groups is 1. The number of fused-ring (bicyclic) bond motifs is 1. The Bertz CT molecular complexity index is 772. The third-order valence-corrected chi connectivity index (χ3v) is 5.24. The van der Waals surface area contributed by atoms with Gasteiger partial charge in [0.2, 0.25) is 0 Å². The van der Waals surface area contributed by atoms with E-state index in [1.165, 1.54) is 11.1 Å². The maximum absolute atomic E-state index is 9.62. The highest BCUT2D eigenvalue weighted by Gasteiger charge is 2.34. The molecule has 26 heavy (non-hydrogen) atoms. The summed E-state index contributed by atoms with van der Waals surface area (Å²) in [5.74, 6) is 2.76. The van der Waals surface area contributed by atoms with Gasteiger partial charge in [0.05, 0.1) is 12.6 Å². The maximum Gasteiger partial charge on any atom is 0.135 e. The molecule has 1 aliphatic rings. The quantitative estimate of drug-likeness (QED) is 0.860. The zero-order chi connectivity index (χ0) is 18.9. The summed E-state index contributed by atoms with van der Waals surface area (Å²) in [6, 6.07) is 10.6. The molecule has 0 bridgehead atoms. The molecule has 2 heterocycles. The lowest BCUT2D eigenvalue weighted by molar-refractivity contribution is 0.249. The number of hydrogen-bond acceptors (Lipinski definition) is 5. The van der Waals surface area contributed by atoms with Crippen LogP contribution >= 0.6 is 0 Å². The van der Waals surface area contributed by atoms with Crippen LogP contribution in [0.5, 0.6) is 0 Å². The van der Waals surface area contributed by atoms with Crippen molar-refractivity contribution in [3.8, 4) is 0 Å². The Hall–Kier alpha value is -2.14. The molecular weight excluding hydrogens is 324 g/mol. The summed E-state index contributed by atoms with van der Waals surface area (Å²) in [4.78, 5) is 11.6. The van der Waals surface area contributed by atoms with E-state index in [2.05, 4.69) is 67.2 Å². The van der Waals surface area contributed by atoms with Gasteiger partial charge in [0.25, 0.3) is 0 Å². The molecule has 140 valence electrons. The van der Waals surface area contributed by atoms with Gasteiger partial charge < -0.3 is 15.3 Å². The summed E-state index contributed by atoms with van der Waals surface area (Å²) in [5.41, 5.74) is 2.74. The molecule has 0 radical (unpaired) electrons. The van der Waals surface area contributed by atoms with E-state index in [0.717, 1.165) is 30.4 Å². The van der Waals surface area contributed by atoms with Gasteiger partial charge in [-0.15, -0.1) is 0 Å². The van der Waals surface area contributed by atoms with Crippen LogP contribution in [0.4, 0.5) is 11.6 Å². The van der Waals surface area contributed by atoms with Crippen molar-refractivity contribution in [3.63, 3.8) is 0 Å². The van der Waals surface area contributed by atoms with Crippen LogP contribution in [0.25, 0.3) is 0 Å². The fourth-order valence-corrected chi connectivity index (χ4v) is 3.60. The summed E-state index contributed by atoms with van der Waals surface area (Å²) in [7, 11) is 0. The Morgan fingerprint density at radius 1 is 1.19 bits per heavy atom. The zero-order valence-electron chi connectivity index (χ0n) is 16.5.